The molecule has 1 atom stereocenters. The molecule has 2 nitrogen and oxygen atoms in total. The molecule has 0 saturated carbocycles. The molecule has 1 aromatic rings. The molecule has 0 bridgehead atoms. The molecule has 15 heavy (non-hydrogen) atoms. The van der Waals surface area contributed by atoms with Crippen LogP contribution >= 0.6 is 11.6 Å². The molecule has 0 radical (unpaired) electrons. The van der Waals surface area contributed by atoms with Crippen LogP contribution in [0.2, 0.25) is 5.02 Å². The lowest BCUT2D eigenvalue weighted by atomic mass is 10.0. The molecular weight excluding hydrogens is 210 g/mol. The number of hydrogen-bond acceptors (Lipinski definition) is 2. The average molecular weight is 226 g/mol. The quantitative estimate of drug-likeness (QED) is 0.801. The third kappa shape index (κ3) is 3.65. The molecule has 1 rings (SSSR count). The van der Waals surface area contributed by atoms with Gasteiger partial charge in [0, 0.05) is 23.0 Å². The van der Waals surface area contributed by atoms with Crippen LogP contribution in [0.1, 0.15) is 35.7 Å². The number of ketones is 1. The number of nitrogens with two attached hydrogens (primary N) is 1. The van der Waals surface area contributed by atoms with Gasteiger partial charge < -0.3 is 5.73 Å². The molecule has 0 aliphatic carbocycles. The molecule has 2 N–H and O–H groups in total. The Hall–Kier alpha value is -0.860. The van der Waals surface area contributed by atoms with Crippen LogP contribution in [0.15, 0.2) is 18.2 Å². The Morgan fingerprint density at radius 3 is 2.73 bits per heavy atom. The van der Waals surface area contributed by atoms with Crippen molar-refractivity contribution in [2.24, 2.45) is 5.73 Å². The lowest BCUT2D eigenvalue weighted by Gasteiger charge is -2.05. The van der Waals surface area contributed by atoms with E-state index in [0.29, 0.717) is 23.4 Å². The Bertz CT molecular complexity index is 361. The van der Waals surface area contributed by atoms with Gasteiger partial charge in [-0.05, 0) is 31.9 Å². The van der Waals surface area contributed by atoms with E-state index in [2.05, 4.69) is 0 Å². The second kappa shape index (κ2) is 5.29. The summed E-state index contributed by atoms with van der Waals surface area (Å²) in [7, 11) is 0. The predicted molar refractivity (Wildman–Crippen MR) is 63.4 cm³/mol. The number of rotatable bonds is 4. The third-order valence-electron chi connectivity index (χ3n) is 2.32. The van der Waals surface area contributed by atoms with Gasteiger partial charge in [-0.2, -0.15) is 0 Å². The maximum absolute atomic E-state index is 11.7. The SMILES string of the molecule is Cc1ccc(C(=O)CCC(C)N)cc1Cl. The molecule has 1 unspecified atom stereocenters. The lowest BCUT2D eigenvalue weighted by molar-refractivity contribution is 0.0978. The summed E-state index contributed by atoms with van der Waals surface area (Å²) < 4.78 is 0. The summed E-state index contributed by atoms with van der Waals surface area (Å²) in [6, 6.07) is 5.46. The molecule has 82 valence electrons. The van der Waals surface area contributed by atoms with E-state index in [-0.39, 0.29) is 11.8 Å². The highest BCUT2D eigenvalue weighted by Gasteiger charge is 2.08. The first-order valence-electron chi connectivity index (χ1n) is 5.05. The van der Waals surface area contributed by atoms with Gasteiger partial charge in [0.15, 0.2) is 5.78 Å². The summed E-state index contributed by atoms with van der Waals surface area (Å²) in [5.41, 5.74) is 7.25. The van der Waals surface area contributed by atoms with Crippen molar-refractivity contribution in [3.63, 3.8) is 0 Å². The fourth-order valence-electron chi connectivity index (χ4n) is 1.27. The van der Waals surface area contributed by atoms with E-state index in [1.165, 1.54) is 0 Å². The highest BCUT2D eigenvalue weighted by molar-refractivity contribution is 6.31. The largest absolute Gasteiger partial charge is 0.328 e. The summed E-state index contributed by atoms with van der Waals surface area (Å²) >= 11 is 5.94. The lowest BCUT2D eigenvalue weighted by Crippen LogP contribution is -2.16. The number of carbonyl (C=O) groups excluding carboxylic acids is 1. The Labute approximate surface area is 95.4 Å². The van der Waals surface area contributed by atoms with Gasteiger partial charge >= 0.3 is 0 Å². The molecule has 0 aromatic heterocycles. The first-order valence-corrected chi connectivity index (χ1v) is 5.43. The van der Waals surface area contributed by atoms with Crippen LogP contribution < -0.4 is 5.73 Å². The molecule has 0 amide bonds. The van der Waals surface area contributed by atoms with Crippen LogP contribution in [0.3, 0.4) is 0 Å². The Balaban J connectivity index is 2.70. The zero-order valence-corrected chi connectivity index (χ0v) is 9.84. The summed E-state index contributed by atoms with van der Waals surface area (Å²) in [5, 5.41) is 0.640. The number of benzene rings is 1. The normalized spacial score (nSPS) is 12.5. The topological polar surface area (TPSA) is 43.1 Å². The predicted octanol–water partition coefficient (Wildman–Crippen LogP) is 2.96. The summed E-state index contributed by atoms with van der Waals surface area (Å²) in [6.07, 6.45) is 1.20. The van der Waals surface area contributed by atoms with E-state index in [1.54, 1.807) is 6.07 Å². The molecule has 0 aliphatic rings. The first kappa shape index (κ1) is 12.2. The van der Waals surface area contributed by atoms with Crippen molar-refractivity contribution >= 4 is 17.4 Å². The minimum atomic E-state index is 0.0647. The maximum atomic E-state index is 11.7. The van der Waals surface area contributed by atoms with Gasteiger partial charge in [-0.25, -0.2) is 0 Å². The van der Waals surface area contributed by atoms with Gasteiger partial charge in [0.25, 0.3) is 0 Å². The van der Waals surface area contributed by atoms with Gasteiger partial charge in [0.05, 0.1) is 0 Å². The average Bonchev–Trinajstić information content (AvgIpc) is 2.18. The van der Waals surface area contributed by atoms with Gasteiger partial charge in [0.1, 0.15) is 0 Å². The molecular formula is C12H16ClNO. The van der Waals surface area contributed by atoms with Gasteiger partial charge in [-0.15, -0.1) is 0 Å². The van der Waals surface area contributed by atoms with Crippen molar-refractivity contribution in [1.29, 1.82) is 0 Å². The van der Waals surface area contributed by atoms with E-state index in [9.17, 15) is 4.79 Å². The van der Waals surface area contributed by atoms with E-state index >= 15 is 0 Å². The highest BCUT2D eigenvalue weighted by atomic mass is 35.5. The monoisotopic (exact) mass is 225 g/mol. The zero-order valence-electron chi connectivity index (χ0n) is 9.09. The van der Waals surface area contributed by atoms with Crippen LogP contribution in [0.4, 0.5) is 0 Å². The van der Waals surface area contributed by atoms with E-state index in [4.69, 9.17) is 17.3 Å². The smallest absolute Gasteiger partial charge is 0.162 e. The van der Waals surface area contributed by atoms with Crippen molar-refractivity contribution in [3.05, 3.63) is 34.3 Å². The Kier molecular flexibility index (Phi) is 4.30. The Morgan fingerprint density at radius 1 is 1.53 bits per heavy atom. The summed E-state index contributed by atoms with van der Waals surface area (Å²) in [5.74, 6) is 0.106. The summed E-state index contributed by atoms with van der Waals surface area (Å²) in [4.78, 5) is 11.7. The number of carbonyl (C=O) groups is 1. The number of halogens is 1. The number of hydrogen-bond donors (Lipinski definition) is 1. The second-order valence-corrected chi connectivity index (χ2v) is 4.31. The maximum Gasteiger partial charge on any atom is 0.162 e. The van der Waals surface area contributed by atoms with Crippen LogP contribution in [0.5, 0.6) is 0 Å². The van der Waals surface area contributed by atoms with Crippen molar-refractivity contribution in [1.82, 2.24) is 0 Å². The first-order chi connectivity index (χ1) is 7.00. The Morgan fingerprint density at radius 2 is 2.20 bits per heavy atom. The van der Waals surface area contributed by atoms with E-state index < -0.39 is 0 Å². The van der Waals surface area contributed by atoms with Gasteiger partial charge in [0.2, 0.25) is 0 Å². The standard InChI is InChI=1S/C12H16ClNO/c1-8-3-5-10(7-11(8)13)12(15)6-4-9(2)14/h3,5,7,9H,4,6,14H2,1-2H3. The van der Waals surface area contributed by atoms with E-state index in [1.807, 2.05) is 26.0 Å². The number of aryl methyl sites for hydroxylation is 1. The van der Waals surface area contributed by atoms with Crippen LogP contribution in [-0.2, 0) is 0 Å². The molecule has 0 aliphatic heterocycles. The minimum Gasteiger partial charge on any atom is -0.328 e. The van der Waals surface area contributed by atoms with Crippen molar-refractivity contribution in [3.8, 4) is 0 Å². The molecule has 0 heterocycles. The molecule has 0 spiro atoms. The van der Waals surface area contributed by atoms with Crippen LogP contribution in [0, 0.1) is 6.92 Å². The minimum absolute atomic E-state index is 0.0647. The van der Waals surface area contributed by atoms with Gasteiger partial charge in [-0.3, -0.25) is 4.79 Å². The van der Waals surface area contributed by atoms with Crippen molar-refractivity contribution in [2.45, 2.75) is 32.7 Å². The fraction of sp³-hybridized carbons (Fsp3) is 0.417. The summed E-state index contributed by atoms with van der Waals surface area (Å²) in [6.45, 7) is 3.81. The van der Waals surface area contributed by atoms with Crippen molar-refractivity contribution in [2.75, 3.05) is 0 Å². The second-order valence-electron chi connectivity index (χ2n) is 3.90. The van der Waals surface area contributed by atoms with E-state index in [0.717, 1.165) is 5.56 Å². The zero-order chi connectivity index (χ0) is 11.4. The van der Waals surface area contributed by atoms with Crippen molar-refractivity contribution < 1.29 is 4.79 Å². The highest BCUT2D eigenvalue weighted by Crippen LogP contribution is 2.18. The molecule has 1 aromatic carbocycles. The van der Waals surface area contributed by atoms with Crippen LogP contribution in [0.25, 0.3) is 0 Å². The van der Waals surface area contributed by atoms with Gasteiger partial charge in [-0.1, -0.05) is 23.7 Å². The third-order valence-corrected chi connectivity index (χ3v) is 2.73. The number of Topliss-reactive ketones (excluding diaryl/α,β-unsaturated/α-hetero) is 1. The molecule has 3 heteroatoms. The molecule has 0 saturated heterocycles. The molecule has 0 fully saturated rings. The van der Waals surface area contributed by atoms with Crippen LogP contribution in [-0.4, -0.2) is 11.8 Å². The fourth-order valence-corrected chi connectivity index (χ4v) is 1.45.